The van der Waals surface area contributed by atoms with Crippen LogP contribution in [0.25, 0.3) is 0 Å². The Morgan fingerprint density at radius 3 is 2.39 bits per heavy atom. The predicted octanol–water partition coefficient (Wildman–Crippen LogP) is 3.47. The van der Waals surface area contributed by atoms with Gasteiger partial charge in [-0.3, -0.25) is 4.68 Å². The molecule has 1 heterocycles. The Kier molecular flexibility index (Phi) is 4.29. The number of hydrogen-bond donors (Lipinski definition) is 0. The van der Waals surface area contributed by atoms with Gasteiger partial charge in [0.15, 0.2) is 11.5 Å². The molecule has 0 aliphatic heterocycles. The zero-order chi connectivity index (χ0) is 13.1. The summed E-state index contributed by atoms with van der Waals surface area (Å²) in [7, 11) is 3.25. The average Bonchev–Trinajstić information content (AvgIpc) is 2.67. The zero-order valence-corrected chi connectivity index (χ0v) is 13.2. The Morgan fingerprint density at radius 1 is 1.11 bits per heavy atom. The number of nitrogens with zero attached hydrogens (tertiary/aromatic N) is 2. The fourth-order valence-electron chi connectivity index (χ4n) is 1.63. The van der Waals surface area contributed by atoms with Crippen molar-refractivity contribution in [1.82, 2.24) is 9.78 Å². The summed E-state index contributed by atoms with van der Waals surface area (Å²) in [6.07, 6.45) is 0. The van der Waals surface area contributed by atoms with Gasteiger partial charge in [-0.15, -0.1) is 0 Å². The Labute approximate surface area is 122 Å². The van der Waals surface area contributed by atoms with E-state index in [0.29, 0.717) is 6.54 Å². The third-order valence-corrected chi connectivity index (χ3v) is 3.51. The molecule has 0 aliphatic carbocycles. The Morgan fingerprint density at radius 2 is 1.83 bits per heavy atom. The molecule has 2 aromatic rings. The van der Waals surface area contributed by atoms with E-state index in [1.54, 1.807) is 14.2 Å². The lowest BCUT2D eigenvalue weighted by Gasteiger charge is -2.10. The second-order valence-corrected chi connectivity index (χ2v) is 5.26. The topological polar surface area (TPSA) is 36.3 Å². The van der Waals surface area contributed by atoms with Crippen LogP contribution in [0.5, 0.6) is 11.5 Å². The van der Waals surface area contributed by atoms with Crippen molar-refractivity contribution in [3.05, 3.63) is 39.0 Å². The number of ether oxygens (including phenoxy) is 2. The fourth-order valence-corrected chi connectivity index (χ4v) is 2.76. The van der Waals surface area contributed by atoms with Crippen molar-refractivity contribution in [2.45, 2.75) is 6.54 Å². The summed E-state index contributed by atoms with van der Waals surface area (Å²) < 4.78 is 14.1. The number of aromatic nitrogens is 2. The predicted molar refractivity (Wildman–Crippen MR) is 76.3 cm³/mol. The maximum absolute atomic E-state index is 5.27. The highest BCUT2D eigenvalue weighted by Crippen LogP contribution is 2.28. The van der Waals surface area contributed by atoms with Crippen LogP contribution in [0.1, 0.15) is 5.56 Å². The second-order valence-electron chi connectivity index (χ2n) is 3.64. The summed E-state index contributed by atoms with van der Waals surface area (Å²) in [6.45, 7) is 0.659. The van der Waals surface area contributed by atoms with E-state index in [0.717, 1.165) is 26.3 Å². The first-order valence-corrected chi connectivity index (χ1v) is 6.82. The third-order valence-electron chi connectivity index (χ3n) is 2.48. The summed E-state index contributed by atoms with van der Waals surface area (Å²) in [5.74, 6) is 1.44. The van der Waals surface area contributed by atoms with Gasteiger partial charge in [0.05, 0.1) is 20.8 Å². The van der Waals surface area contributed by atoms with Gasteiger partial charge in [0, 0.05) is 6.07 Å². The normalized spacial score (nSPS) is 10.4. The SMILES string of the molecule is COc1ccc(Cn2nc(Br)cc2Br)cc1OC. The molecule has 2 rings (SSSR count). The van der Waals surface area contributed by atoms with Crippen LogP contribution in [0.3, 0.4) is 0 Å². The van der Waals surface area contributed by atoms with Crippen LogP contribution in [0.15, 0.2) is 33.5 Å². The summed E-state index contributed by atoms with van der Waals surface area (Å²) in [6, 6.07) is 7.73. The lowest BCUT2D eigenvalue weighted by molar-refractivity contribution is 0.354. The summed E-state index contributed by atoms with van der Waals surface area (Å²) in [4.78, 5) is 0. The number of methoxy groups -OCH3 is 2. The molecule has 0 fully saturated rings. The molecule has 0 spiro atoms. The maximum atomic E-state index is 5.27. The highest BCUT2D eigenvalue weighted by Gasteiger charge is 2.07. The molecule has 0 N–H and O–H groups in total. The molecular weight excluding hydrogens is 364 g/mol. The molecule has 0 saturated carbocycles. The molecule has 0 bridgehead atoms. The molecule has 96 valence electrons. The van der Waals surface area contributed by atoms with Crippen LogP contribution in [0, 0.1) is 0 Å². The molecule has 0 aliphatic rings. The summed E-state index contributed by atoms with van der Waals surface area (Å²) in [5.41, 5.74) is 1.09. The Bertz CT molecular complexity index is 555. The van der Waals surface area contributed by atoms with E-state index in [2.05, 4.69) is 37.0 Å². The third kappa shape index (κ3) is 2.87. The van der Waals surface area contributed by atoms with Crippen molar-refractivity contribution in [2.24, 2.45) is 0 Å². The van der Waals surface area contributed by atoms with Crippen LogP contribution in [0.4, 0.5) is 0 Å². The van der Waals surface area contributed by atoms with Crippen molar-refractivity contribution >= 4 is 31.9 Å². The molecule has 0 radical (unpaired) electrons. The lowest BCUT2D eigenvalue weighted by atomic mass is 10.2. The molecule has 4 nitrogen and oxygen atoms in total. The van der Waals surface area contributed by atoms with E-state index in [1.165, 1.54) is 0 Å². The Hall–Kier alpha value is -1.01. The van der Waals surface area contributed by atoms with Crippen LogP contribution in [-0.2, 0) is 6.54 Å². The minimum Gasteiger partial charge on any atom is -0.493 e. The van der Waals surface area contributed by atoms with E-state index in [1.807, 2.05) is 28.9 Å². The molecule has 6 heteroatoms. The molecule has 0 atom stereocenters. The lowest BCUT2D eigenvalue weighted by Crippen LogP contribution is -2.02. The van der Waals surface area contributed by atoms with E-state index in [4.69, 9.17) is 9.47 Å². The van der Waals surface area contributed by atoms with Gasteiger partial charge >= 0.3 is 0 Å². The zero-order valence-electron chi connectivity index (χ0n) is 9.98. The van der Waals surface area contributed by atoms with E-state index in [9.17, 15) is 0 Å². The molecular formula is C12H12Br2N2O2. The van der Waals surface area contributed by atoms with Crippen molar-refractivity contribution in [2.75, 3.05) is 14.2 Å². The van der Waals surface area contributed by atoms with Gasteiger partial charge in [-0.2, -0.15) is 5.10 Å². The second kappa shape index (κ2) is 5.75. The number of hydrogen-bond acceptors (Lipinski definition) is 3. The fraction of sp³-hybridized carbons (Fsp3) is 0.250. The number of benzene rings is 1. The smallest absolute Gasteiger partial charge is 0.161 e. The van der Waals surface area contributed by atoms with Gasteiger partial charge in [0.2, 0.25) is 0 Å². The van der Waals surface area contributed by atoms with Gasteiger partial charge in [0.1, 0.15) is 9.21 Å². The van der Waals surface area contributed by atoms with Crippen molar-refractivity contribution in [1.29, 1.82) is 0 Å². The van der Waals surface area contributed by atoms with Crippen molar-refractivity contribution in [3.63, 3.8) is 0 Å². The van der Waals surface area contributed by atoms with Gasteiger partial charge in [-0.25, -0.2) is 0 Å². The van der Waals surface area contributed by atoms with E-state index >= 15 is 0 Å². The molecule has 0 amide bonds. The minimum absolute atomic E-state index is 0.659. The molecule has 1 aromatic carbocycles. The first-order chi connectivity index (χ1) is 8.63. The molecule has 1 aromatic heterocycles. The first-order valence-electron chi connectivity index (χ1n) is 5.24. The highest BCUT2D eigenvalue weighted by atomic mass is 79.9. The quantitative estimate of drug-likeness (QED) is 0.820. The average molecular weight is 376 g/mol. The maximum Gasteiger partial charge on any atom is 0.161 e. The molecule has 0 saturated heterocycles. The highest BCUT2D eigenvalue weighted by molar-refractivity contribution is 9.11. The standard InChI is InChI=1S/C12H12Br2N2O2/c1-17-9-4-3-8(5-10(9)18-2)7-16-12(14)6-11(13)15-16/h3-6H,7H2,1-2H3. The largest absolute Gasteiger partial charge is 0.493 e. The van der Waals surface area contributed by atoms with Crippen LogP contribution in [0.2, 0.25) is 0 Å². The van der Waals surface area contributed by atoms with Crippen LogP contribution < -0.4 is 9.47 Å². The van der Waals surface area contributed by atoms with Gasteiger partial charge in [0.25, 0.3) is 0 Å². The summed E-state index contributed by atoms with van der Waals surface area (Å²) in [5, 5.41) is 4.32. The van der Waals surface area contributed by atoms with Gasteiger partial charge in [-0.05, 0) is 49.6 Å². The van der Waals surface area contributed by atoms with E-state index in [-0.39, 0.29) is 0 Å². The Balaban J connectivity index is 2.27. The van der Waals surface area contributed by atoms with Gasteiger partial charge in [-0.1, -0.05) is 6.07 Å². The number of rotatable bonds is 4. The number of halogens is 2. The van der Waals surface area contributed by atoms with Crippen LogP contribution >= 0.6 is 31.9 Å². The van der Waals surface area contributed by atoms with Crippen molar-refractivity contribution < 1.29 is 9.47 Å². The summed E-state index contributed by atoms with van der Waals surface area (Å²) >= 11 is 6.79. The van der Waals surface area contributed by atoms with Crippen LogP contribution in [-0.4, -0.2) is 24.0 Å². The van der Waals surface area contributed by atoms with E-state index < -0.39 is 0 Å². The van der Waals surface area contributed by atoms with Crippen molar-refractivity contribution in [3.8, 4) is 11.5 Å². The molecule has 0 unspecified atom stereocenters. The van der Waals surface area contributed by atoms with Gasteiger partial charge < -0.3 is 9.47 Å². The first kappa shape index (κ1) is 13.4. The monoisotopic (exact) mass is 374 g/mol. The molecule has 18 heavy (non-hydrogen) atoms. The minimum atomic E-state index is 0.659.